The summed E-state index contributed by atoms with van der Waals surface area (Å²) in [5, 5.41) is 6.72. The minimum Gasteiger partial charge on any atom is -0.350 e. The highest BCUT2D eigenvalue weighted by atomic mass is 19.1. The Labute approximate surface area is 202 Å². The number of nitrogens with zero attached hydrogens (tertiary/aromatic N) is 3. The first kappa shape index (κ1) is 24.4. The van der Waals surface area contributed by atoms with Crippen molar-refractivity contribution in [3.8, 4) is 0 Å². The molecule has 2 amide bonds. The summed E-state index contributed by atoms with van der Waals surface area (Å²) < 4.78 is 14.2. The van der Waals surface area contributed by atoms with Crippen molar-refractivity contribution in [1.82, 2.24) is 25.3 Å². The number of hydrogen-bond donors (Lipinski definition) is 4. The summed E-state index contributed by atoms with van der Waals surface area (Å²) in [5.74, 6) is -0.395. The summed E-state index contributed by atoms with van der Waals surface area (Å²) in [7, 11) is 0. The molecule has 0 aromatic heterocycles. The van der Waals surface area contributed by atoms with Crippen molar-refractivity contribution in [3.05, 3.63) is 0 Å². The van der Waals surface area contributed by atoms with Gasteiger partial charge in [0.25, 0.3) is 0 Å². The van der Waals surface area contributed by atoms with Gasteiger partial charge in [0.15, 0.2) is 0 Å². The van der Waals surface area contributed by atoms with Gasteiger partial charge in [-0.15, -0.1) is 0 Å². The van der Waals surface area contributed by atoms with E-state index in [0.29, 0.717) is 25.9 Å². The lowest BCUT2D eigenvalue weighted by Gasteiger charge is -2.62. The van der Waals surface area contributed by atoms with E-state index >= 15 is 0 Å². The van der Waals surface area contributed by atoms with Gasteiger partial charge in [0.1, 0.15) is 6.17 Å². The molecule has 0 bridgehead atoms. The van der Waals surface area contributed by atoms with Crippen molar-refractivity contribution in [2.24, 2.45) is 17.4 Å². The molecule has 9 nitrogen and oxygen atoms in total. The van der Waals surface area contributed by atoms with Gasteiger partial charge in [-0.1, -0.05) is 0 Å². The molecule has 5 rings (SSSR count). The molecule has 10 heteroatoms. The van der Waals surface area contributed by atoms with Gasteiger partial charge in [-0.25, -0.2) is 4.39 Å². The van der Waals surface area contributed by atoms with Gasteiger partial charge >= 0.3 is 0 Å². The van der Waals surface area contributed by atoms with Gasteiger partial charge in [0.2, 0.25) is 11.8 Å². The van der Waals surface area contributed by atoms with E-state index in [1.54, 1.807) is 0 Å². The average Bonchev–Trinajstić information content (AvgIpc) is 2.80. The van der Waals surface area contributed by atoms with Crippen molar-refractivity contribution in [1.29, 1.82) is 0 Å². The number of alkyl halides is 1. The third kappa shape index (κ3) is 4.48. The van der Waals surface area contributed by atoms with E-state index in [1.807, 2.05) is 0 Å². The quantitative estimate of drug-likeness (QED) is 0.387. The van der Waals surface area contributed by atoms with Gasteiger partial charge in [0.05, 0.1) is 18.1 Å². The zero-order chi connectivity index (χ0) is 24.0. The summed E-state index contributed by atoms with van der Waals surface area (Å²) >= 11 is 0. The lowest BCUT2D eigenvalue weighted by atomic mass is 9.68. The van der Waals surface area contributed by atoms with Crippen LogP contribution < -0.4 is 22.1 Å². The maximum atomic E-state index is 14.2. The molecule has 192 valence electrons. The van der Waals surface area contributed by atoms with Crippen LogP contribution >= 0.6 is 0 Å². The topological polar surface area (TPSA) is 120 Å². The maximum Gasteiger partial charge on any atom is 0.227 e. The Kier molecular flexibility index (Phi) is 6.89. The van der Waals surface area contributed by atoms with E-state index < -0.39 is 18.3 Å². The smallest absolute Gasteiger partial charge is 0.227 e. The fourth-order valence-corrected chi connectivity index (χ4v) is 7.36. The highest BCUT2D eigenvalue weighted by Gasteiger charge is 2.56. The number of nitrogens with two attached hydrogens (primary N) is 2. The van der Waals surface area contributed by atoms with Gasteiger partial charge in [-0.3, -0.25) is 19.4 Å². The van der Waals surface area contributed by atoms with Crippen LogP contribution in [-0.2, 0) is 9.59 Å². The van der Waals surface area contributed by atoms with E-state index in [9.17, 15) is 14.0 Å². The molecule has 34 heavy (non-hydrogen) atoms. The van der Waals surface area contributed by atoms with Crippen LogP contribution in [0.15, 0.2) is 0 Å². The number of halogens is 1. The molecule has 5 aliphatic heterocycles. The van der Waals surface area contributed by atoms with Gasteiger partial charge in [0, 0.05) is 62.8 Å². The molecule has 0 spiro atoms. The third-order valence-corrected chi connectivity index (χ3v) is 9.27. The van der Waals surface area contributed by atoms with E-state index in [4.69, 9.17) is 11.5 Å². The largest absolute Gasteiger partial charge is 0.350 e. The molecule has 0 saturated carbocycles. The molecule has 5 fully saturated rings. The molecule has 0 aromatic rings. The van der Waals surface area contributed by atoms with Crippen LogP contribution in [-0.4, -0.2) is 108 Å². The normalized spacial score (nSPS) is 40.3. The number of rotatable bonds is 5. The van der Waals surface area contributed by atoms with Crippen LogP contribution in [0.5, 0.6) is 0 Å². The average molecular weight is 480 g/mol. The number of hydrogen-bond acceptors (Lipinski definition) is 7. The van der Waals surface area contributed by atoms with Gasteiger partial charge < -0.3 is 27.0 Å². The second-order valence-corrected chi connectivity index (χ2v) is 11.5. The molecule has 7 atom stereocenters. The Bertz CT molecular complexity index is 784. The number of piperazine rings is 1. The minimum absolute atomic E-state index is 0.0462. The third-order valence-electron chi connectivity index (χ3n) is 9.27. The Balaban J connectivity index is 1.25. The number of carbonyl (C=O) groups excluding carboxylic acids is 2. The van der Waals surface area contributed by atoms with Crippen LogP contribution in [0.3, 0.4) is 0 Å². The predicted octanol–water partition coefficient (Wildman–Crippen LogP) is -0.646. The van der Waals surface area contributed by atoms with Gasteiger partial charge in [-0.2, -0.15) is 0 Å². The van der Waals surface area contributed by atoms with Crippen molar-refractivity contribution in [2.45, 2.75) is 93.9 Å². The van der Waals surface area contributed by atoms with E-state index in [1.165, 1.54) is 0 Å². The second-order valence-electron chi connectivity index (χ2n) is 11.5. The first-order chi connectivity index (χ1) is 16.3. The first-order valence-corrected chi connectivity index (χ1v) is 13.2. The maximum absolute atomic E-state index is 14.2. The van der Waals surface area contributed by atoms with Crippen molar-refractivity contribution in [2.75, 3.05) is 39.3 Å². The highest BCUT2D eigenvalue weighted by molar-refractivity contribution is 5.81. The summed E-state index contributed by atoms with van der Waals surface area (Å²) in [6.45, 7) is 6.60. The lowest BCUT2D eigenvalue weighted by Crippen LogP contribution is -2.74. The summed E-state index contributed by atoms with van der Waals surface area (Å²) in [6.07, 6.45) is 4.21. The van der Waals surface area contributed by atoms with E-state index in [2.05, 4.69) is 32.3 Å². The molecule has 6 N–H and O–H groups in total. The zero-order valence-electron chi connectivity index (χ0n) is 20.4. The minimum atomic E-state index is -0.856. The number of fused-ring (bicyclic) bond motifs is 2. The van der Waals surface area contributed by atoms with Crippen LogP contribution in [0.25, 0.3) is 0 Å². The van der Waals surface area contributed by atoms with Crippen molar-refractivity contribution in [3.63, 3.8) is 0 Å². The molecule has 0 aromatic carbocycles. The number of carbonyl (C=O) groups is 2. The fraction of sp³-hybridized carbons (Fsp3) is 0.917. The summed E-state index contributed by atoms with van der Waals surface area (Å²) in [5.41, 5.74) is 12.2. The number of piperidine rings is 3. The first-order valence-electron chi connectivity index (χ1n) is 13.2. The van der Waals surface area contributed by atoms with Crippen molar-refractivity contribution >= 4 is 11.8 Å². The Morgan fingerprint density at radius 2 is 2.06 bits per heavy atom. The van der Waals surface area contributed by atoms with Crippen molar-refractivity contribution < 1.29 is 14.0 Å². The number of amides is 2. The lowest BCUT2D eigenvalue weighted by molar-refractivity contribution is -0.152. The number of nitrogens with one attached hydrogen (secondary N) is 2. The standard InChI is InChI=1S/C24H42FN7O2/c1-24-7-5-15(25)13-32(24)19(11-24)21(22(26)27)23(34)29-17-12-28-8-6-18(17)30-9-10-31-16(14-30)3-2-4-20(31)33/h15-19,21-22,28H,2-14,26-27H2,1H3,(H,29,34). The Hall–Kier alpha value is -1.33. The SMILES string of the molecule is CC12CCC(F)CN1C(C(C(=O)NC1CNCCC1N1CCN3C(=O)CCCC3C1)C(N)N)C2. The van der Waals surface area contributed by atoms with E-state index in [0.717, 1.165) is 58.3 Å². The van der Waals surface area contributed by atoms with Gasteiger partial charge in [-0.05, 0) is 52.0 Å². The fourth-order valence-electron chi connectivity index (χ4n) is 7.36. The zero-order valence-corrected chi connectivity index (χ0v) is 20.4. The second kappa shape index (κ2) is 9.61. The molecule has 5 saturated heterocycles. The molecular formula is C24H42FN7O2. The molecular weight excluding hydrogens is 437 g/mol. The van der Waals surface area contributed by atoms with Crippen LogP contribution in [0.1, 0.15) is 51.9 Å². The van der Waals surface area contributed by atoms with Crippen LogP contribution in [0.2, 0.25) is 0 Å². The molecule has 5 heterocycles. The molecule has 0 radical (unpaired) electrons. The summed E-state index contributed by atoms with van der Waals surface area (Å²) in [6, 6.07) is 0.341. The van der Waals surface area contributed by atoms with E-state index in [-0.39, 0.29) is 41.5 Å². The highest BCUT2D eigenvalue weighted by Crippen LogP contribution is 2.46. The van der Waals surface area contributed by atoms with Crippen LogP contribution in [0.4, 0.5) is 4.39 Å². The predicted molar refractivity (Wildman–Crippen MR) is 127 cm³/mol. The Morgan fingerprint density at radius 1 is 1.24 bits per heavy atom. The summed E-state index contributed by atoms with van der Waals surface area (Å²) in [4.78, 5) is 32.5. The molecule has 5 aliphatic rings. The molecule has 0 aliphatic carbocycles. The Morgan fingerprint density at radius 3 is 2.85 bits per heavy atom. The monoisotopic (exact) mass is 479 g/mol. The molecule has 7 unspecified atom stereocenters. The van der Waals surface area contributed by atoms with Crippen LogP contribution in [0, 0.1) is 5.92 Å².